The van der Waals surface area contributed by atoms with Gasteiger partial charge in [-0.2, -0.15) is 13.2 Å². The molecule has 1 aliphatic rings. The van der Waals surface area contributed by atoms with E-state index in [1.807, 2.05) is 6.92 Å². The summed E-state index contributed by atoms with van der Waals surface area (Å²) < 4.78 is 38.2. The van der Waals surface area contributed by atoms with Gasteiger partial charge in [0.2, 0.25) is 5.91 Å². The lowest BCUT2D eigenvalue weighted by Gasteiger charge is -2.35. The maximum Gasteiger partial charge on any atom is 0.416 e. The van der Waals surface area contributed by atoms with Gasteiger partial charge in [0, 0.05) is 19.0 Å². The SMILES string of the molecule is CC(Cc1cccc(C(F)(F)F)c1)C(=O)N1CCC(C)C(O)C1. The molecule has 6 heteroatoms. The van der Waals surface area contributed by atoms with Gasteiger partial charge in [0.25, 0.3) is 0 Å². The molecule has 3 unspecified atom stereocenters. The molecule has 0 aliphatic carbocycles. The van der Waals surface area contributed by atoms with Gasteiger partial charge in [-0.15, -0.1) is 0 Å². The number of carbonyl (C=O) groups excluding carboxylic acids is 1. The molecule has 1 aromatic rings. The minimum Gasteiger partial charge on any atom is -0.391 e. The van der Waals surface area contributed by atoms with Crippen LogP contribution in [0, 0.1) is 11.8 Å². The Labute approximate surface area is 134 Å². The van der Waals surface area contributed by atoms with Crippen LogP contribution in [-0.4, -0.2) is 35.1 Å². The van der Waals surface area contributed by atoms with E-state index in [2.05, 4.69) is 0 Å². The molecule has 1 fully saturated rings. The predicted molar refractivity (Wildman–Crippen MR) is 80.7 cm³/mol. The maximum atomic E-state index is 12.7. The Morgan fingerprint density at radius 1 is 1.43 bits per heavy atom. The Hall–Kier alpha value is -1.56. The summed E-state index contributed by atoms with van der Waals surface area (Å²) in [5, 5.41) is 9.88. The number of aliphatic hydroxyl groups excluding tert-OH is 1. The van der Waals surface area contributed by atoms with Gasteiger partial charge in [-0.05, 0) is 30.4 Å². The number of rotatable bonds is 3. The lowest BCUT2D eigenvalue weighted by molar-refractivity contribution is -0.139. The standard InChI is InChI=1S/C17H22F3NO2/c1-11-6-7-21(10-15(11)22)16(23)12(2)8-13-4-3-5-14(9-13)17(18,19)20/h3-5,9,11-12,15,22H,6-8,10H2,1-2H3. The average molecular weight is 329 g/mol. The quantitative estimate of drug-likeness (QED) is 0.926. The normalized spacial score (nSPS) is 23.7. The number of likely N-dealkylation sites (tertiary alicyclic amines) is 1. The van der Waals surface area contributed by atoms with Crippen molar-refractivity contribution in [2.75, 3.05) is 13.1 Å². The van der Waals surface area contributed by atoms with E-state index < -0.39 is 23.8 Å². The van der Waals surface area contributed by atoms with Crippen molar-refractivity contribution in [1.82, 2.24) is 4.90 Å². The first-order valence-electron chi connectivity index (χ1n) is 7.81. The number of aliphatic hydroxyl groups is 1. The van der Waals surface area contributed by atoms with Gasteiger partial charge in [-0.25, -0.2) is 0 Å². The van der Waals surface area contributed by atoms with E-state index in [0.717, 1.165) is 18.6 Å². The van der Waals surface area contributed by atoms with Gasteiger partial charge >= 0.3 is 6.18 Å². The topological polar surface area (TPSA) is 40.5 Å². The Kier molecular flexibility index (Phi) is 5.34. The number of nitrogens with zero attached hydrogens (tertiary/aromatic N) is 1. The fourth-order valence-electron chi connectivity index (χ4n) is 2.88. The molecule has 0 radical (unpaired) electrons. The van der Waals surface area contributed by atoms with Crippen LogP contribution in [0.25, 0.3) is 0 Å². The molecule has 1 aromatic carbocycles. The first-order chi connectivity index (χ1) is 10.7. The van der Waals surface area contributed by atoms with Gasteiger partial charge in [0.1, 0.15) is 0 Å². The van der Waals surface area contributed by atoms with Crippen LogP contribution in [-0.2, 0) is 17.4 Å². The summed E-state index contributed by atoms with van der Waals surface area (Å²) >= 11 is 0. The number of hydrogen-bond acceptors (Lipinski definition) is 2. The van der Waals surface area contributed by atoms with Crippen molar-refractivity contribution in [3.05, 3.63) is 35.4 Å². The van der Waals surface area contributed by atoms with Crippen molar-refractivity contribution >= 4 is 5.91 Å². The van der Waals surface area contributed by atoms with Crippen molar-refractivity contribution in [1.29, 1.82) is 0 Å². The smallest absolute Gasteiger partial charge is 0.391 e. The van der Waals surface area contributed by atoms with E-state index in [-0.39, 0.29) is 18.2 Å². The molecule has 1 aliphatic heterocycles. The largest absolute Gasteiger partial charge is 0.416 e. The molecule has 1 amide bonds. The molecule has 3 nitrogen and oxygen atoms in total. The average Bonchev–Trinajstić information content (AvgIpc) is 2.48. The van der Waals surface area contributed by atoms with Crippen molar-refractivity contribution in [2.24, 2.45) is 11.8 Å². The van der Waals surface area contributed by atoms with Crippen molar-refractivity contribution < 1.29 is 23.1 Å². The number of halogens is 3. The fraction of sp³-hybridized carbons (Fsp3) is 0.588. The molecular formula is C17H22F3NO2. The number of piperidine rings is 1. The minimum atomic E-state index is -4.38. The zero-order valence-electron chi connectivity index (χ0n) is 13.3. The Bertz CT molecular complexity index is 559. The Morgan fingerprint density at radius 2 is 2.13 bits per heavy atom. The maximum absolute atomic E-state index is 12.7. The molecule has 1 heterocycles. The summed E-state index contributed by atoms with van der Waals surface area (Å²) in [6.45, 7) is 4.54. The second-order valence-corrected chi connectivity index (χ2v) is 6.42. The number of hydrogen-bond donors (Lipinski definition) is 1. The summed E-state index contributed by atoms with van der Waals surface area (Å²) in [7, 11) is 0. The van der Waals surface area contributed by atoms with Crippen LogP contribution in [0.2, 0.25) is 0 Å². The summed E-state index contributed by atoms with van der Waals surface area (Å²) in [6.07, 6.45) is -3.92. The summed E-state index contributed by atoms with van der Waals surface area (Å²) in [5.74, 6) is -0.370. The Balaban J connectivity index is 2.01. The first kappa shape index (κ1) is 17.8. The van der Waals surface area contributed by atoms with Gasteiger partial charge < -0.3 is 10.0 Å². The molecule has 0 spiro atoms. The number of β-amino-alcohol motifs (C(OH)–C–C–N with tert-alkyl or cyclic N) is 1. The molecule has 1 saturated heterocycles. The third kappa shape index (κ3) is 4.47. The number of alkyl halides is 3. The second-order valence-electron chi connectivity index (χ2n) is 6.42. The molecule has 2 rings (SSSR count). The highest BCUT2D eigenvalue weighted by atomic mass is 19.4. The van der Waals surface area contributed by atoms with Crippen LogP contribution in [0.4, 0.5) is 13.2 Å². The van der Waals surface area contributed by atoms with Gasteiger partial charge in [-0.3, -0.25) is 4.79 Å². The summed E-state index contributed by atoms with van der Waals surface area (Å²) in [4.78, 5) is 14.0. The molecule has 23 heavy (non-hydrogen) atoms. The zero-order chi connectivity index (χ0) is 17.2. The highest BCUT2D eigenvalue weighted by Gasteiger charge is 2.32. The summed E-state index contributed by atoms with van der Waals surface area (Å²) in [6, 6.07) is 5.09. The van der Waals surface area contributed by atoms with Crippen LogP contribution in [0.1, 0.15) is 31.4 Å². The predicted octanol–water partition coefficient (Wildman–Crippen LogP) is 3.11. The van der Waals surface area contributed by atoms with Crippen LogP contribution >= 0.6 is 0 Å². The van der Waals surface area contributed by atoms with Crippen LogP contribution in [0.3, 0.4) is 0 Å². The molecule has 128 valence electrons. The first-order valence-corrected chi connectivity index (χ1v) is 7.81. The molecule has 0 saturated carbocycles. The van der Waals surface area contributed by atoms with Crippen molar-refractivity contribution in [3.8, 4) is 0 Å². The van der Waals surface area contributed by atoms with E-state index in [1.165, 1.54) is 6.07 Å². The van der Waals surface area contributed by atoms with E-state index >= 15 is 0 Å². The van der Waals surface area contributed by atoms with Gasteiger partial charge in [0.05, 0.1) is 11.7 Å². The Morgan fingerprint density at radius 3 is 2.74 bits per heavy atom. The lowest BCUT2D eigenvalue weighted by Crippen LogP contribution is -2.47. The van der Waals surface area contributed by atoms with Crippen molar-refractivity contribution in [3.63, 3.8) is 0 Å². The molecule has 1 N–H and O–H groups in total. The number of amides is 1. The summed E-state index contributed by atoms with van der Waals surface area (Å²) in [5.41, 5.74) is -0.205. The van der Waals surface area contributed by atoms with E-state index in [0.29, 0.717) is 18.7 Å². The van der Waals surface area contributed by atoms with Gasteiger partial charge in [-0.1, -0.05) is 32.0 Å². The van der Waals surface area contributed by atoms with Crippen molar-refractivity contribution in [2.45, 2.75) is 39.0 Å². The van der Waals surface area contributed by atoms with E-state index in [9.17, 15) is 23.1 Å². The fourth-order valence-corrected chi connectivity index (χ4v) is 2.88. The van der Waals surface area contributed by atoms with Crippen LogP contribution in [0.15, 0.2) is 24.3 Å². The molecule has 0 bridgehead atoms. The third-order valence-electron chi connectivity index (χ3n) is 4.45. The second kappa shape index (κ2) is 6.91. The highest BCUT2D eigenvalue weighted by Crippen LogP contribution is 2.30. The van der Waals surface area contributed by atoms with E-state index in [1.54, 1.807) is 17.9 Å². The van der Waals surface area contributed by atoms with Crippen LogP contribution in [0.5, 0.6) is 0 Å². The van der Waals surface area contributed by atoms with Gasteiger partial charge in [0.15, 0.2) is 0 Å². The minimum absolute atomic E-state index is 0.117. The molecule has 0 aromatic heterocycles. The zero-order valence-corrected chi connectivity index (χ0v) is 13.3. The molecular weight excluding hydrogens is 307 g/mol. The number of carbonyl (C=O) groups is 1. The number of benzene rings is 1. The third-order valence-corrected chi connectivity index (χ3v) is 4.45. The lowest BCUT2D eigenvalue weighted by atomic mass is 9.93. The van der Waals surface area contributed by atoms with Crippen LogP contribution < -0.4 is 0 Å². The monoisotopic (exact) mass is 329 g/mol. The molecule has 3 atom stereocenters. The highest BCUT2D eigenvalue weighted by molar-refractivity contribution is 5.79. The van der Waals surface area contributed by atoms with E-state index in [4.69, 9.17) is 0 Å².